The zero-order chi connectivity index (χ0) is 13.1. The average Bonchev–Trinajstić information content (AvgIpc) is 3.03. The number of fused-ring (bicyclic) bond motifs is 1. The van der Waals surface area contributed by atoms with Crippen molar-refractivity contribution in [3.05, 3.63) is 21.3 Å². The lowest BCUT2D eigenvalue weighted by atomic mass is 10.1. The van der Waals surface area contributed by atoms with E-state index < -0.39 is 0 Å². The molecule has 1 aliphatic carbocycles. The predicted octanol–water partition coefficient (Wildman–Crippen LogP) is 2.74. The summed E-state index contributed by atoms with van der Waals surface area (Å²) in [6.07, 6.45) is 4.39. The summed E-state index contributed by atoms with van der Waals surface area (Å²) in [4.78, 5) is 3.92. The van der Waals surface area contributed by atoms with Gasteiger partial charge in [-0.25, -0.2) is 0 Å². The van der Waals surface area contributed by atoms with E-state index in [1.165, 1.54) is 24.1 Å². The third-order valence-corrected chi connectivity index (χ3v) is 5.33. The number of halogens is 1. The Labute approximate surface area is 123 Å². The summed E-state index contributed by atoms with van der Waals surface area (Å²) in [6.45, 7) is 5.09. The largest absolute Gasteiger partial charge is 0.375 e. The average molecular weight is 301 g/mol. The van der Waals surface area contributed by atoms with E-state index in [1.807, 2.05) is 6.07 Å². The van der Waals surface area contributed by atoms with Gasteiger partial charge in [0.2, 0.25) is 0 Å². The van der Waals surface area contributed by atoms with Crippen molar-refractivity contribution in [1.82, 2.24) is 10.2 Å². The topological polar surface area (TPSA) is 24.5 Å². The van der Waals surface area contributed by atoms with Gasteiger partial charge in [0.25, 0.3) is 0 Å². The molecule has 1 aromatic rings. The third-order valence-electron chi connectivity index (χ3n) is 4.10. The van der Waals surface area contributed by atoms with Crippen LogP contribution in [0.4, 0.5) is 0 Å². The highest BCUT2D eigenvalue weighted by Gasteiger charge is 2.35. The first-order valence-corrected chi connectivity index (χ1v) is 8.33. The molecule has 1 N–H and O–H groups in total. The molecule has 3 nitrogen and oxygen atoms in total. The van der Waals surface area contributed by atoms with Gasteiger partial charge < -0.3 is 10.1 Å². The van der Waals surface area contributed by atoms with Crippen molar-refractivity contribution < 1.29 is 4.74 Å². The maximum absolute atomic E-state index is 5.92. The normalized spacial score (nSPS) is 27.6. The van der Waals surface area contributed by atoms with Gasteiger partial charge in [-0.3, -0.25) is 4.90 Å². The summed E-state index contributed by atoms with van der Waals surface area (Å²) in [5, 5.41) is 3.51. The van der Waals surface area contributed by atoms with Crippen LogP contribution < -0.4 is 5.32 Å². The molecule has 5 heteroatoms. The molecule has 0 aromatic carbocycles. The lowest BCUT2D eigenvalue weighted by Gasteiger charge is -2.37. The number of hydrogen-bond acceptors (Lipinski definition) is 4. The molecule has 106 valence electrons. The highest BCUT2D eigenvalue weighted by Crippen LogP contribution is 2.29. The Bertz CT molecular complexity index is 412. The lowest BCUT2D eigenvalue weighted by molar-refractivity contribution is -0.0548. The number of thiophene rings is 1. The lowest BCUT2D eigenvalue weighted by Crippen LogP contribution is -2.50. The summed E-state index contributed by atoms with van der Waals surface area (Å²) in [5.74, 6) is 0. The van der Waals surface area contributed by atoms with E-state index in [1.54, 1.807) is 11.3 Å². The minimum absolute atomic E-state index is 0.504. The fourth-order valence-electron chi connectivity index (χ4n) is 3.16. The molecular formula is C14H21ClN2OS. The number of morpholine rings is 1. The van der Waals surface area contributed by atoms with Crippen LogP contribution in [0.5, 0.6) is 0 Å². The van der Waals surface area contributed by atoms with E-state index in [4.69, 9.17) is 16.3 Å². The number of ether oxygens (including phenoxy) is 1. The zero-order valence-corrected chi connectivity index (χ0v) is 12.7. The molecular weight excluding hydrogens is 280 g/mol. The first kappa shape index (κ1) is 13.8. The maximum Gasteiger partial charge on any atom is 0.0931 e. The van der Waals surface area contributed by atoms with E-state index in [9.17, 15) is 0 Å². The predicted molar refractivity (Wildman–Crippen MR) is 80.0 cm³/mol. The number of rotatable bonds is 5. The summed E-state index contributed by atoms with van der Waals surface area (Å²) in [7, 11) is 0. The molecule has 0 spiro atoms. The molecule has 19 heavy (non-hydrogen) atoms. The van der Waals surface area contributed by atoms with Gasteiger partial charge in [-0.2, -0.15) is 0 Å². The Morgan fingerprint density at radius 1 is 1.42 bits per heavy atom. The van der Waals surface area contributed by atoms with Crippen molar-refractivity contribution in [3.8, 4) is 0 Å². The van der Waals surface area contributed by atoms with Crippen LogP contribution in [0.25, 0.3) is 0 Å². The van der Waals surface area contributed by atoms with Crippen molar-refractivity contribution in [3.63, 3.8) is 0 Å². The second-order valence-corrected chi connectivity index (χ2v) is 7.13. The first-order valence-electron chi connectivity index (χ1n) is 7.13. The molecule has 1 aromatic heterocycles. The summed E-state index contributed by atoms with van der Waals surface area (Å²) < 4.78 is 6.71. The van der Waals surface area contributed by atoms with Crippen LogP contribution in [-0.4, -0.2) is 43.3 Å². The van der Waals surface area contributed by atoms with Gasteiger partial charge >= 0.3 is 0 Å². The highest BCUT2D eigenvalue weighted by molar-refractivity contribution is 7.16. The highest BCUT2D eigenvalue weighted by atomic mass is 35.5. The van der Waals surface area contributed by atoms with Gasteiger partial charge in [0, 0.05) is 37.1 Å². The molecule has 2 aliphatic rings. The molecule has 2 heterocycles. The van der Waals surface area contributed by atoms with Gasteiger partial charge in [0.15, 0.2) is 0 Å². The maximum atomic E-state index is 5.92. The molecule has 2 unspecified atom stereocenters. The third kappa shape index (κ3) is 3.50. The minimum Gasteiger partial charge on any atom is -0.375 e. The fraction of sp³-hybridized carbons (Fsp3) is 0.714. The molecule has 0 radical (unpaired) electrons. The van der Waals surface area contributed by atoms with E-state index in [0.29, 0.717) is 12.1 Å². The van der Waals surface area contributed by atoms with Crippen molar-refractivity contribution >= 4 is 22.9 Å². The molecule has 0 bridgehead atoms. The van der Waals surface area contributed by atoms with Crippen molar-refractivity contribution in [2.75, 3.05) is 26.2 Å². The van der Waals surface area contributed by atoms with E-state index in [2.05, 4.69) is 16.3 Å². The number of nitrogens with one attached hydrogen (secondary N) is 1. The van der Waals surface area contributed by atoms with E-state index in [-0.39, 0.29) is 0 Å². The first-order chi connectivity index (χ1) is 9.33. The number of nitrogens with zero attached hydrogens (tertiary/aromatic N) is 1. The SMILES string of the molecule is Clc1ccc(CNCCN2CCOC3CCCC32)s1. The smallest absolute Gasteiger partial charge is 0.0931 e. The molecule has 1 saturated carbocycles. The second-order valence-electron chi connectivity index (χ2n) is 5.33. The van der Waals surface area contributed by atoms with Crippen molar-refractivity contribution in [1.29, 1.82) is 0 Å². The monoisotopic (exact) mass is 300 g/mol. The molecule has 1 saturated heterocycles. The Balaban J connectivity index is 1.39. The van der Waals surface area contributed by atoms with Crippen LogP contribution in [0.15, 0.2) is 12.1 Å². The van der Waals surface area contributed by atoms with Gasteiger partial charge in [0.1, 0.15) is 0 Å². The second kappa shape index (κ2) is 6.55. The Kier molecular flexibility index (Phi) is 4.77. The molecule has 2 fully saturated rings. The Hall–Kier alpha value is -0.130. The van der Waals surface area contributed by atoms with Gasteiger partial charge in [-0.05, 0) is 31.4 Å². The van der Waals surface area contributed by atoms with Gasteiger partial charge in [-0.15, -0.1) is 11.3 Å². The minimum atomic E-state index is 0.504. The van der Waals surface area contributed by atoms with Crippen LogP contribution in [0.3, 0.4) is 0 Å². The summed E-state index contributed by atoms with van der Waals surface area (Å²) in [5.41, 5.74) is 0. The van der Waals surface area contributed by atoms with Crippen molar-refractivity contribution in [2.24, 2.45) is 0 Å². The summed E-state index contributed by atoms with van der Waals surface area (Å²) >= 11 is 7.58. The van der Waals surface area contributed by atoms with Crippen LogP contribution in [0.2, 0.25) is 4.34 Å². The fourth-order valence-corrected chi connectivity index (χ4v) is 4.22. The summed E-state index contributed by atoms with van der Waals surface area (Å²) in [6, 6.07) is 4.74. The molecule has 2 atom stereocenters. The van der Waals surface area contributed by atoms with Crippen LogP contribution >= 0.6 is 22.9 Å². The van der Waals surface area contributed by atoms with Gasteiger partial charge in [-0.1, -0.05) is 11.6 Å². The molecule has 1 aliphatic heterocycles. The number of hydrogen-bond donors (Lipinski definition) is 1. The van der Waals surface area contributed by atoms with E-state index in [0.717, 1.165) is 37.1 Å². The van der Waals surface area contributed by atoms with Crippen molar-refractivity contribution in [2.45, 2.75) is 38.0 Å². The van der Waals surface area contributed by atoms with E-state index >= 15 is 0 Å². The Morgan fingerprint density at radius 3 is 3.21 bits per heavy atom. The Morgan fingerprint density at radius 2 is 2.37 bits per heavy atom. The van der Waals surface area contributed by atoms with Gasteiger partial charge in [0.05, 0.1) is 17.0 Å². The molecule has 3 rings (SSSR count). The molecule has 0 amide bonds. The van der Waals surface area contributed by atoms with Crippen LogP contribution in [0.1, 0.15) is 24.1 Å². The quantitative estimate of drug-likeness (QED) is 0.846. The van der Waals surface area contributed by atoms with Crippen LogP contribution in [0, 0.1) is 0 Å². The zero-order valence-electron chi connectivity index (χ0n) is 11.1. The van der Waals surface area contributed by atoms with Crippen LogP contribution in [-0.2, 0) is 11.3 Å². The standard InChI is InChI=1S/C14H21ClN2OS/c15-14-5-4-11(19-14)10-16-6-7-17-8-9-18-13-3-1-2-12(13)17/h4-5,12-13,16H,1-3,6-10H2.